The Morgan fingerprint density at radius 2 is 1.89 bits per heavy atom. The maximum atomic E-state index is 11.6. The zero-order valence-corrected chi connectivity index (χ0v) is 15.3. The average Bonchev–Trinajstić information content (AvgIpc) is 3.12. The predicted octanol–water partition coefficient (Wildman–Crippen LogP) is 4.01. The van der Waals surface area contributed by atoms with Crippen LogP contribution in [0.4, 0.5) is 23.1 Å². The molecule has 136 valence electrons. The number of aryl methyl sites for hydroxylation is 1. The second-order valence-corrected chi connectivity index (χ2v) is 6.42. The molecule has 6 nitrogen and oxygen atoms in total. The molecule has 0 unspecified atom stereocenters. The van der Waals surface area contributed by atoms with Crippen molar-refractivity contribution in [1.82, 2.24) is 9.97 Å². The van der Waals surface area contributed by atoms with Crippen LogP contribution in [0, 0.1) is 6.92 Å². The van der Waals surface area contributed by atoms with Crippen molar-refractivity contribution in [3.8, 4) is 0 Å². The number of benzene rings is 2. The summed E-state index contributed by atoms with van der Waals surface area (Å²) >= 11 is 0. The molecule has 6 heteroatoms. The molecule has 1 aliphatic rings. The van der Waals surface area contributed by atoms with E-state index < -0.39 is 0 Å². The van der Waals surface area contributed by atoms with Crippen molar-refractivity contribution in [2.45, 2.75) is 13.3 Å². The quantitative estimate of drug-likeness (QED) is 0.709. The number of para-hydroxylation sites is 1. The Hall–Kier alpha value is -3.41. The minimum Gasteiger partial charge on any atom is -0.465 e. The van der Waals surface area contributed by atoms with Crippen LogP contribution in [-0.4, -0.2) is 29.6 Å². The Kier molecular flexibility index (Phi) is 4.46. The van der Waals surface area contributed by atoms with E-state index in [4.69, 9.17) is 9.72 Å². The number of rotatable bonds is 4. The monoisotopic (exact) mass is 360 g/mol. The number of methoxy groups -OCH3 is 1. The van der Waals surface area contributed by atoms with Crippen LogP contribution < -0.4 is 10.2 Å². The van der Waals surface area contributed by atoms with Gasteiger partial charge in [0.25, 0.3) is 0 Å². The number of nitrogens with zero attached hydrogens (tertiary/aromatic N) is 3. The molecule has 0 bridgehead atoms. The molecular formula is C21H20N4O2. The Labute approximate surface area is 157 Å². The highest BCUT2D eigenvalue weighted by Gasteiger charge is 2.22. The number of anilines is 4. The zero-order chi connectivity index (χ0) is 18.8. The van der Waals surface area contributed by atoms with Gasteiger partial charge in [-0.25, -0.2) is 9.78 Å². The van der Waals surface area contributed by atoms with Crippen molar-refractivity contribution in [1.29, 1.82) is 0 Å². The standard InChI is InChI=1S/C21H20N4O2/c1-14-13-19(23-17-9-7-16(8-10-17)20(26)27-2)24-21(22-14)25-12-11-15-5-3-4-6-18(15)25/h3-10,13H,11-12H2,1-2H3,(H,22,23,24). The largest absolute Gasteiger partial charge is 0.465 e. The Balaban J connectivity index is 1.59. The van der Waals surface area contributed by atoms with Crippen LogP contribution in [0.3, 0.4) is 0 Å². The molecule has 2 aromatic carbocycles. The number of aromatic nitrogens is 2. The van der Waals surface area contributed by atoms with Crippen molar-refractivity contribution in [2.75, 3.05) is 23.9 Å². The number of hydrogen-bond donors (Lipinski definition) is 1. The van der Waals surface area contributed by atoms with Crippen LogP contribution in [0.5, 0.6) is 0 Å². The van der Waals surface area contributed by atoms with Crippen LogP contribution in [-0.2, 0) is 11.2 Å². The summed E-state index contributed by atoms with van der Waals surface area (Å²) in [4.78, 5) is 23.0. The van der Waals surface area contributed by atoms with Gasteiger partial charge in [0, 0.05) is 29.7 Å². The first-order chi connectivity index (χ1) is 13.1. The lowest BCUT2D eigenvalue weighted by Gasteiger charge is -2.18. The normalized spacial score (nSPS) is 12.6. The van der Waals surface area contributed by atoms with Crippen molar-refractivity contribution in [2.24, 2.45) is 0 Å². The first-order valence-corrected chi connectivity index (χ1v) is 8.80. The number of carbonyl (C=O) groups is 1. The number of esters is 1. The highest BCUT2D eigenvalue weighted by atomic mass is 16.5. The summed E-state index contributed by atoms with van der Waals surface area (Å²) < 4.78 is 4.73. The second kappa shape index (κ2) is 7.07. The van der Waals surface area contributed by atoms with Crippen molar-refractivity contribution < 1.29 is 9.53 Å². The summed E-state index contributed by atoms with van der Waals surface area (Å²) in [5.41, 5.74) is 4.72. The molecule has 3 aromatic rings. The van der Waals surface area contributed by atoms with E-state index in [-0.39, 0.29) is 5.97 Å². The van der Waals surface area contributed by atoms with E-state index in [1.165, 1.54) is 12.7 Å². The average molecular weight is 360 g/mol. The highest BCUT2D eigenvalue weighted by Crippen LogP contribution is 2.33. The Morgan fingerprint density at radius 1 is 1.11 bits per heavy atom. The molecule has 0 spiro atoms. The third kappa shape index (κ3) is 3.46. The van der Waals surface area contributed by atoms with Crippen molar-refractivity contribution >= 4 is 29.1 Å². The molecule has 0 saturated carbocycles. The molecule has 1 aliphatic heterocycles. The molecule has 0 saturated heterocycles. The van der Waals surface area contributed by atoms with Crippen LogP contribution in [0.25, 0.3) is 0 Å². The zero-order valence-electron chi connectivity index (χ0n) is 15.3. The van der Waals surface area contributed by atoms with Gasteiger partial charge in [0.2, 0.25) is 5.95 Å². The Bertz CT molecular complexity index is 986. The summed E-state index contributed by atoms with van der Waals surface area (Å²) in [5, 5.41) is 3.29. The molecule has 0 fully saturated rings. The summed E-state index contributed by atoms with van der Waals surface area (Å²) in [7, 11) is 1.37. The first kappa shape index (κ1) is 17.0. The molecular weight excluding hydrogens is 340 g/mol. The number of hydrogen-bond acceptors (Lipinski definition) is 6. The lowest BCUT2D eigenvalue weighted by atomic mass is 10.2. The van der Waals surface area contributed by atoms with Crippen molar-refractivity contribution in [3.05, 3.63) is 71.4 Å². The maximum Gasteiger partial charge on any atom is 0.337 e. The van der Waals surface area contributed by atoms with Gasteiger partial charge in [-0.3, -0.25) is 0 Å². The minimum absolute atomic E-state index is 0.352. The van der Waals surface area contributed by atoms with E-state index in [1.54, 1.807) is 12.1 Å². The lowest BCUT2D eigenvalue weighted by molar-refractivity contribution is 0.0601. The fourth-order valence-corrected chi connectivity index (χ4v) is 3.24. The number of fused-ring (bicyclic) bond motifs is 1. The molecule has 2 heterocycles. The molecule has 27 heavy (non-hydrogen) atoms. The van der Waals surface area contributed by atoms with E-state index in [9.17, 15) is 4.79 Å². The van der Waals surface area contributed by atoms with E-state index in [0.717, 1.165) is 30.0 Å². The fourth-order valence-electron chi connectivity index (χ4n) is 3.24. The SMILES string of the molecule is COC(=O)c1ccc(Nc2cc(C)nc(N3CCc4ccccc43)n2)cc1. The third-order valence-electron chi connectivity index (χ3n) is 4.55. The van der Waals surface area contributed by atoms with Gasteiger partial charge >= 0.3 is 5.97 Å². The molecule has 0 aliphatic carbocycles. The summed E-state index contributed by atoms with van der Waals surface area (Å²) in [6, 6.07) is 17.3. The van der Waals surface area contributed by atoms with Gasteiger partial charge in [-0.05, 0) is 49.2 Å². The van der Waals surface area contributed by atoms with E-state index in [0.29, 0.717) is 17.3 Å². The highest BCUT2D eigenvalue weighted by molar-refractivity contribution is 5.89. The molecule has 4 rings (SSSR count). The maximum absolute atomic E-state index is 11.6. The van der Waals surface area contributed by atoms with Gasteiger partial charge in [-0.15, -0.1) is 0 Å². The van der Waals surface area contributed by atoms with E-state index in [2.05, 4.69) is 33.4 Å². The van der Waals surface area contributed by atoms with Crippen LogP contribution >= 0.6 is 0 Å². The van der Waals surface area contributed by atoms with Gasteiger partial charge < -0.3 is 15.0 Å². The number of ether oxygens (including phenoxy) is 1. The summed E-state index contributed by atoms with van der Waals surface area (Å²) in [5.74, 6) is 1.05. The van der Waals surface area contributed by atoms with Gasteiger partial charge in [0.15, 0.2) is 0 Å². The van der Waals surface area contributed by atoms with Crippen LogP contribution in [0.15, 0.2) is 54.6 Å². The van der Waals surface area contributed by atoms with Crippen LogP contribution in [0.1, 0.15) is 21.6 Å². The first-order valence-electron chi connectivity index (χ1n) is 8.80. The van der Waals surface area contributed by atoms with Crippen molar-refractivity contribution in [3.63, 3.8) is 0 Å². The Morgan fingerprint density at radius 3 is 2.67 bits per heavy atom. The van der Waals surface area contributed by atoms with Gasteiger partial charge in [-0.2, -0.15) is 4.98 Å². The van der Waals surface area contributed by atoms with Crippen LogP contribution in [0.2, 0.25) is 0 Å². The van der Waals surface area contributed by atoms with Gasteiger partial charge in [-0.1, -0.05) is 18.2 Å². The predicted molar refractivity (Wildman–Crippen MR) is 105 cm³/mol. The molecule has 1 N–H and O–H groups in total. The molecule has 0 radical (unpaired) electrons. The second-order valence-electron chi connectivity index (χ2n) is 6.42. The lowest BCUT2D eigenvalue weighted by Crippen LogP contribution is -2.17. The number of carbonyl (C=O) groups excluding carboxylic acids is 1. The topological polar surface area (TPSA) is 67.3 Å². The fraction of sp³-hybridized carbons (Fsp3) is 0.190. The molecule has 1 aromatic heterocycles. The van der Waals surface area contributed by atoms with Gasteiger partial charge in [0.05, 0.1) is 12.7 Å². The van der Waals surface area contributed by atoms with E-state index in [1.807, 2.05) is 31.2 Å². The number of nitrogens with one attached hydrogen (secondary N) is 1. The summed E-state index contributed by atoms with van der Waals surface area (Å²) in [6.07, 6.45) is 0.991. The molecule has 0 atom stereocenters. The third-order valence-corrected chi connectivity index (χ3v) is 4.55. The summed E-state index contributed by atoms with van der Waals surface area (Å²) in [6.45, 7) is 2.83. The van der Waals surface area contributed by atoms with Gasteiger partial charge in [0.1, 0.15) is 5.82 Å². The smallest absolute Gasteiger partial charge is 0.337 e. The molecule has 0 amide bonds. The van der Waals surface area contributed by atoms with E-state index >= 15 is 0 Å². The minimum atomic E-state index is -0.352.